The Kier molecular flexibility index (Phi) is 5.22. The molecule has 4 aromatic heterocycles. The van der Waals surface area contributed by atoms with E-state index in [0.29, 0.717) is 22.7 Å². The lowest BCUT2D eigenvalue weighted by molar-refractivity contribution is 0.0754. The van der Waals surface area contributed by atoms with Crippen molar-refractivity contribution in [3.05, 3.63) is 102 Å². The van der Waals surface area contributed by atoms with E-state index in [0.717, 1.165) is 22.3 Å². The molecule has 0 unspecified atom stereocenters. The second-order valence-corrected chi connectivity index (χ2v) is 7.92. The summed E-state index contributed by atoms with van der Waals surface area (Å²) in [5.74, 6) is 0.447. The van der Waals surface area contributed by atoms with Crippen LogP contribution in [0.5, 0.6) is 0 Å². The molecule has 0 spiro atoms. The van der Waals surface area contributed by atoms with Gasteiger partial charge in [-0.2, -0.15) is 5.10 Å². The summed E-state index contributed by atoms with van der Waals surface area (Å²) in [6.07, 6.45) is 3.34. The highest BCUT2D eigenvalue weighted by atomic mass is 16.3. The number of aromatic nitrogens is 4. The van der Waals surface area contributed by atoms with Crippen LogP contribution in [-0.2, 0) is 7.05 Å². The van der Waals surface area contributed by atoms with Gasteiger partial charge in [-0.15, -0.1) is 0 Å². The molecule has 4 heterocycles. The fourth-order valence-electron chi connectivity index (χ4n) is 4.24. The van der Waals surface area contributed by atoms with Gasteiger partial charge in [-0.25, -0.2) is 4.98 Å². The Labute approximate surface area is 191 Å². The number of amides is 1. The van der Waals surface area contributed by atoms with E-state index in [1.54, 1.807) is 41.2 Å². The Balaban J connectivity index is 1.67. The highest BCUT2D eigenvalue weighted by Crippen LogP contribution is 2.32. The van der Waals surface area contributed by atoms with Crippen LogP contribution in [0.2, 0.25) is 0 Å². The SMILES string of the molecule is Cc1nn(C)c2nc(-c3ccco3)cc(C(=O)N(C)[C@H](c3ccccc3)c3ccccn3)c12. The molecule has 5 rings (SSSR count). The molecule has 1 amide bonds. The molecule has 5 aromatic rings. The minimum Gasteiger partial charge on any atom is -0.463 e. The zero-order valence-electron chi connectivity index (χ0n) is 18.6. The topological polar surface area (TPSA) is 77.0 Å². The lowest BCUT2D eigenvalue weighted by atomic mass is 10.00. The van der Waals surface area contributed by atoms with E-state index in [1.165, 1.54) is 0 Å². The van der Waals surface area contributed by atoms with Crippen molar-refractivity contribution >= 4 is 16.9 Å². The van der Waals surface area contributed by atoms with Gasteiger partial charge in [-0.1, -0.05) is 36.4 Å². The lowest BCUT2D eigenvalue weighted by Gasteiger charge is -2.28. The third-order valence-electron chi connectivity index (χ3n) is 5.76. The summed E-state index contributed by atoms with van der Waals surface area (Å²) < 4.78 is 7.27. The quantitative estimate of drug-likeness (QED) is 0.395. The zero-order valence-corrected chi connectivity index (χ0v) is 18.6. The summed E-state index contributed by atoms with van der Waals surface area (Å²) in [6.45, 7) is 1.89. The maximum absolute atomic E-state index is 14.0. The predicted molar refractivity (Wildman–Crippen MR) is 126 cm³/mol. The maximum Gasteiger partial charge on any atom is 0.255 e. The molecule has 7 heteroatoms. The van der Waals surface area contributed by atoms with E-state index < -0.39 is 0 Å². The van der Waals surface area contributed by atoms with E-state index in [1.807, 2.05) is 68.6 Å². The molecule has 0 saturated carbocycles. The number of carbonyl (C=O) groups is 1. The van der Waals surface area contributed by atoms with E-state index in [4.69, 9.17) is 9.40 Å². The lowest BCUT2D eigenvalue weighted by Crippen LogP contribution is -2.32. The van der Waals surface area contributed by atoms with Crippen molar-refractivity contribution in [2.75, 3.05) is 7.05 Å². The minimum absolute atomic E-state index is 0.147. The number of fused-ring (bicyclic) bond motifs is 1. The van der Waals surface area contributed by atoms with Gasteiger partial charge in [0, 0.05) is 20.3 Å². The van der Waals surface area contributed by atoms with Crippen LogP contribution in [0.4, 0.5) is 0 Å². The third kappa shape index (κ3) is 3.67. The normalized spacial score (nSPS) is 12.1. The fourth-order valence-corrected chi connectivity index (χ4v) is 4.24. The summed E-state index contributed by atoms with van der Waals surface area (Å²) in [5, 5.41) is 5.25. The van der Waals surface area contributed by atoms with Crippen molar-refractivity contribution < 1.29 is 9.21 Å². The van der Waals surface area contributed by atoms with Gasteiger partial charge in [0.2, 0.25) is 0 Å². The molecule has 0 aliphatic heterocycles. The highest BCUT2D eigenvalue weighted by Gasteiger charge is 2.28. The second kappa shape index (κ2) is 8.35. The molecule has 0 aliphatic rings. The molecule has 0 radical (unpaired) electrons. The molecule has 164 valence electrons. The molecule has 7 nitrogen and oxygen atoms in total. The van der Waals surface area contributed by atoms with E-state index in [9.17, 15) is 4.79 Å². The maximum atomic E-state index is 14.0. The van der Waals surface area contributed by atoms with Crippen LogP contribution in [0.3, 0.4) is 0 Å². The van der Waals surface area contributed by atoms with Gasteiger partial charge in [0.15, 0.2) is 11.4 Å². The summed E-state index contributed by atoms with van der Waals surface area (Å²) in [4.78, 5) is 25.0. The van der Waals surface area contributed by atoms with Crippen molar-refractivity contribution in [3.63, 3.8) is 0 Å². The summed E-state index contributed by atoms with van der Waals surface area (Å²) in [6, 6.07) is 20.7. The zero-order chi connectivity index (χ0) is 22.9. The van der Waals surface area contributed by atoms with E-state index in [-0.39, 0.29) is 11.9 Å². The Hall–Kier alpha value is -4.26. The van der Waals surface area contributed by atoms with Crippen molar-refractivity contribution in [3.8, 4) is 11.5 Å². The van der Waals surface area contributed by atoms with Gasteiger partial charge in [0.1, 0.15) is 5.69 Å². The van der Waals surface area contributed by atoms with Gasteiger partial charge in [-0.05, 0) is 42.8 Å². The van der Waals surface area contributed by atoms with Crippen LogP contribution in [0.15, 0.2) is 83.6 Å². The standard InChI is InChI=1S/C26H23N5O2/c1-17-23-19(16-21(22-13-9-15-33-22)28-25(23)31(3)29-17)26(32)30(2)24(18-10-5-4-6-11-18)20-12-7-8-14-27-20/h4-16,24H,1-3H3/t24-/m1/s1. The van der Waals surface area contributed by atoms with Crippen molar-refractivity contribution in [1.29, 1.82) is 0 Å². The average molecular weight is 438 g/mol. The molecule has 0 aliphatic carbocycles. The Morgan fingerprint density at radius 1 is 1.06 bits per heavy atom. The predicted octanol–water partition coefficient (Wildman–Crippen LogP) is 4.79. The summed E-state index contributed by atoms with van der Waals surface area (Å²) >= 11 is 0. The van der Waals surface area contributed by atoms with Crippen molar-refractivity contribution in [1.82, 2.24) is 24.6 Å². The van der Waals surface area contributed by atoms with Crippen molar-refractivity contribution in [2.24, 2.45) is 7.05 Å². The summed E-state index contributed by atoms with van der Waals surface area (Å²) in [5.41, 5.74) is 4.26. The van der Waals surface area contributed by atoms with Gasteiger partial charge in [-0.3, -0.25) is 14.5 Å². The number of benzene rings is 1. The van der Waals surface area contributed by atoms with Crippen LogP contribution >= 0.6 is 0 Å². The number of hydrogen-bond donors (Lipinski definition) is 0. The number of rotatable bonds is 5. The Morgan fingerprint density at radius 2 is 1.85 bits per heavy atom. The molecular weight excluding hydrogens is 414 g/mol. The van der Waals surface area contributed by atoms with Gasteiger partial charge < -0.3 is 9.32 Å². The average Bonchev–Trinajstić information content (AvgIpc) is 3.48. The van der Waals surface area contributed by atoms with Gasteiger partial charge in [0.25, 0.3) is 5.91 Å². The third-order valence-corrected chi connectivity index (χ3v) is 5.76. The number of nitrogens with zero attached hydrogens (tertiary/aromatic N) is 5. The molecule has 0 N–H and O–H groups in total. The molecule has 0 bridgehead atoms. The molecule has 1 aromatic carbocycles. The van der Waals surface area contributed by atoms with Crippen LogP contribution in [0, 0.1) is 6.92 Å². The van der Waals surface area contributed by atoms with E-state index >= 15 is 0 Å². The largest absolute Gasteiger partial charge is 0.463 e. The highest BCUT2D eigenvalue weighted by molar-refractivity contribution is 6.07. The second-order valence-electron chi connectivity index (χ2n) is 7.92. The first-order valence-corrected chi connectivity index (χ1v) is 10.7. The monoisotopic (exact) mass is 437 g/mol. The number of hydrogen-bond acceptors (Lipinski definition) is 5. The number of furan rings is 1. The Morgan fingerprint density at radius 3 is 2.55 bits per heavy atom. The van der Waals surface area contributed by atoms with Crippen LogP contribution in [0.25, 0.3) is 22.5 Å². The summed E-state index contributed by atoms with van der Waals surface area (Å²) in [7, 11) is 3.63. The van der Waals surface area contributed by atoms with Crippen LogP contribution in [0.1, 0.15) is 33.4 Å². The van der Waals surface area contributed by atoms with Crippen LogP contribution in [-0.4, -0.2) is 37.6 Å². The van der Waals surface area contributed by atoms with E-state index in [2.05, 4.69) is 10.1 Å². The number of carbonyl (C=O) groups excluding carboxylic acids is 1. The van der Waals surface area contributed by atoms with Crippen molar-refractivity contribution in [2.45, 2.75) is 13.0 Å². The van der Waals surface area contributed by atoms with Gasteiger partial charge >= 0.3 is 0 Å². The fraction of sp³-hybridized carbons (Fsp3) is 0.154. The first-order chi connectivity index (χ1) is 16.0. The molecule has 1 atom stereocenters. The van der Waals surface area contributed by atoms with Crippen LogP contribution < -0.4 is 0 Å². The molecule has 0 fully saturated rings. The Bertz CT molecular complexity index is 1370. The van der Waals surface area contributed by atoms with Gasteiger partial charge in [0.05, 0.1) is 34.6 Å². The number of pyridine rings is 2. The smallest absolute Gasteiger partial charge is 0.255 e. The molecular formula is C26H23N5O2. The molecule has 0 saturated heterocycles. The number of aryl methyl sites for hydroxylation is 2. The molecule has 33 heavy (non-hydrogen) atoms. The first kappa shape index (κ1) is 20.6. The minimum atomic E-state index is -0.354. The first-order valence-electron chi connectivity index (χ1n) is 10.7.